The van der Waals surface area contributed by atoms with E-state index in [0.29, 0.717) is 0 Å². The Morgan fingerprint density at radius 2 is 1.76 bits per heavy atom. The summed E-state index contributed by atoms with van der Waals surface area (Å²) in [5, 5.41) is 27.4. The molecule has 5 N–H and O–H groups in total. The Bertz CT molecular complexity index is 297. The summed E-state index contributed by atoms with van der Waals surface area (Å²) in [5.41, 5.74) is 6.55. The highest BCUT2D eigenvalue weighted by atomic mass is 16.5. The summed E-state index contributed by atoms with van der Waals surface area (Å²) in [5.74, 6) is 0. The maximum Gasteiger partial charge on any atom is 0.105 e. The lowest BCUT2D eigenvalue weighted by atomic mass is 10.1. The number of ether oxygens (including phenoxy) is 1. The van der Waals surface area contributed by atoms with Gasteiger partial charge in [0.15, 0.2) is 0 Å². The van der Waals surface area contributed by atoms with Gasteiger partial charge < -0.3 is 25.8 Å². The summed E-state index contributed by atoms with van der Waals surface area (Å²) in [7, 11) is 0. The molecule has 1 rings (SSSR count). The first kappa shape index (κ1) is 14.1. The molecular formula is C12H19NO4. The Labute approximate surface area is 100 Å². The quantitative estimate of drug-likeness (QED) is 0.503. The smallest absolute Gasteiger partial charge is 0.105 e. The molecule has 96 valence electrons. The molecule has 0 aliphatic rings. The van der Waals surface area contributed by atoms with Gasteiger partial charge in [-0.1, -0.05) is 30.3 Å². The number of nitrogens with two attached hydrogens (primary N) is 1. The summed E-state index contributed by atoms with van der Waals surface area (Å²) in [6.07, 6.45) is -1.88. The molecule has 0 aromatic heterocycles. The SMILES string of the molecule is N[C@@H](CO)[C@H](OCc1ccccc1)[C@@H](O)CO. The molecule has 0 aliphatic heterocycles. The minimum atomic E-state index is -1.10. The number of aliphatic hydroxyl groups excluding tert-OH is 3. The van der Waals surface area contributed by atoms with E-state index >= 15 is 0 Å². The first-order chi connectivity index (χ1) is 8.19. The van der Waals surface area contributed by atoms with E-state index in [0.717, 1.165) is 5.56 Å². The van der Waals surface area contributed by atoms with Crippen LogP contribution in [0, 0.1) is 0 Å². The average Bonchev–Trinajstić information content (AvgIpc) is 2.39. The maximum atomic E-state index is 9.53. The zero-order valence-electron chi connectivity index (χ0n) is 9.57. The first-order valence-electron chi connectivity index (χ1n) is 5.50. The molecule has 0 aliphatic carbocycles. The van der Waals surface area contributed by atoms with Gasteiger partial charge >= 0.3 is 0 Å². The largest absolute Gasteiger partial charge is 0.395 e. The predicted octanol–water partition coefficient (Wildman–Crippen LogP) is -0.755. The molecule has 5 heteroatoms. The van der Waals surface area contributed by atoms with Crippen molar-refractivity contribution in [1.29, 1.82) is 0 Å². The molecule has 0 radical (unpaired) electrons. The summed E-state index contributed by atoms with van der Waals surface area (Å²) in [6, 6.07) is 8.69. The minimum absolute atomic E-state index is 0.274. The standard InChI is InChI=1S/C12H19NO4/c13-10(6-14)12(11(16)7-15)17-8-9-4-2-1-3-5-9/h1-5,10-12,14-16H,6-8,13H2/t10-,11-,12-/m0/s1. The third kappa shape index (κ3) is 4.41. The fourth-order valence-electron chi connectivity index (χ4n) is 1.49. The van der Waals surface area contributed by atoms with Crippen LogP contribution in [0.3, 0.4) is 0 Å². The van der Waals surface area contributed by atoms with Gasteiger partial charge in [-0.3, -0.25) is 0 Å². The minimum Gasteiger partial charge on any atom is -0.395 e. The second-order valence-corrected chi connectivity index (χ2v) is 3.86. The molecule has 17 heavy (non-hydrogen) atoms. The number of aliphatic hydroxyl groups is 3. The molecule has 5 nitrogen and oxygen atoms in total. The van der Waals surface area contributed by atoms with Gasteiger partial charge in [0.2, 0.25) is 0 Å². The van der Waals surface area contributed by atoms with E-state index < -0.39 is 24.9 Å². The van der Waals surface area contributed by atoms with E-state index in [1.165, 1.54) is 0 Å². The lowest BCUT2D eigenvalue weighted by Crippen LogP contribution is -2.48. The normalized spacial score (nSPS) is 16.5. The van der Waals surface area contributed by atoms with E-state index in [4.69, 9.17) is 20.7 Å². The summed E-state index contributed by atoms with van der Waals surface area (Å²) in [4.78, 5) is 0. The molecule has 0 saturated carbocycles. The Morgan fingerprint density at radius 1 is 1.12 bits per heavy atom. The topological polar surface area (TPSA) is 95.9 Å². The fourth-order valence-corrected chi connectivity index (χ4v) is 1.49. The molecule has 1 aromatic carbocycles. The van der Waals surface area contributed by atoms with Crippen molar-refractivity contribution < 1.29 is 20.1 Å². The summed E-state index contributed by atoms with van der Waals surface area (Å²) < 4.78 is 5.44. The zero-order chi connectivity index (χ0) is 12.7. The van der Waals surface area contributed by atoms with Crippen LogP contribution < -0.4 is 5.73 Å². The molecule has 0 spiro atoms. The second kappa shape index (κ2) is 7.37. The molecule has 1 aromatic rings. The number of rotatable bonds is 7. The Morgan fingerprint density at radius 3 is 2.29 bits per heavy atom. The van der Waals surface area contributed by atoms with E-state index in [1.807, 2.05) is 30.3 Å². The summed E-state index contributed by atoms with van der Waals surface area (Å²) >= 11 is 0. The van der Waals surface area contributed by atoms with E-state index in [1.54, 1.807) is 0 Å². The molecule has 0 amide bonds. The van der Waals surface area contributed by atoms with E-state index in [9.17, 15) is 5.11 Å². The maximum absolute atomic E-state index is 9.53. The molecule has 0 unspecified atom stereocenters. The molecule has 0 heterocycles. The van der Waals surface area contributed by atoms with Gasteiger partial charge in [0.25, 0.3) is 0 Å². The molecule has 0 fully saturated rings. The lowest BCUT2D eigenvalue weighted by molar-refractivity contribution is -0.0821. The Hall–Kier alpha value is -0.980. The van der Waals surface area contributed by atoms with Crippen molar-refractivity contribution in [1.82, 2.24) is 0 Å². The van der Waals surface area contributed by atoms with Crippen LogP contribution in [0.15, 0.2) is 30.3 Å². The van der Waals surface area contributed by atoms with Gasteiger partial charge in [-0.15, -0.1) is 0 Å². The van der Waals surface area contributed by atoms with Gasteiger partial charge in [0.05, 0.1) is 25.9 Å². The van der Waals surface area contributed by atoms with Crippen LogP contribution >= 0.6 is 0 Å². The van der Waals surface area contributed by atoms with Crippen LogP contribution in [-0.4, -0.2) is 46.8 Å². The van der Waals surface area contributed by atoms with Gasteiger partial charge in [0, 0.05) is 0 Å². The lowest BCUT2D eigenvalue weighted by Gasteiger charge is -2.26. The van der Waals surface area contributed by atoms with Gasteiger partial charge in [-0.2, -0.15) is 0 Å². The third-order valence-corrected chi connectivity index (χ3v) is 2.48. The van der Waals surface area contributed by atoms with Crippen LogP contribution in [0.1, 0.15) is 5.56 Å². The van der Waals surface area contributed by atoms with Crippen molar-refractivity contribution in [3.05, 3.63) is 35.9 Å². The van der Waals surface area contributed by atoms with Crippen molar-refractivity contribution >= 4 is 0 Å². The van der Waals surface area contributed by atoms with Crippen molar-refractivity contribution in [3.8, 4) is 0 Å². The van der Waals surface area contributed by atoms with Crippen LogP contribution in [0.2, 0.25) is 0 Å². The summed E-state index contributed by atoms with van der Waals surface area (Å²) in [6.45, 7) is -0.486. The zero-order valence-corrected chi connectivity index (χ0v) is 9.57. The Balaban J connectivity index is 2.55. The number of hydrogen-bond acceptors (Lipinski definition) is 5. The van der Waals surface area contributed by atoms with Crippen LogP contribution in [0.25, 0.3) is 0 Å². The molecule has 0 saturated heterocycles. The van der Waals surface area contributed by atoms with Gasteiger partial charge in [0.1, 0.15) is 12.2 Å². The highest BCUT2D eigenvalue weighted by molar-refractivity contribution is 5.13. The first-order valence-corrected chi connectivity index (χ1v) is 5.50. The molecule has 3 atom stereocenters. The van der Waals surface area contributed by atoms with E-state index in [-0.39, 0.29) is 13.2 Å². The van der Waals surface area contributed by atoms with Crippen molar-refractivity contribution in [2.75, 3.05) is 13.2 Å². The van der Waals surface area contributed by atoms with Gasteiger partial charge in [-0.05, 0) is 5.56 Å². The highest BCUT2D eigenvalue weighted by Crippen LogP contribution is 2.08. The fraction of sp³-hybridized carbons (Fsp3) is 0.500. The van der Waals surface area contributed by atoms with Gasteiger partial charge in [-0.25, -0.2) is 0 Å². The average molecular weight is 241 g/mol. The van der Waals surface area contributed by atoms with E-state index in [2.05, 4.69) is 0 Å². The van der Waals surface area contributed by atoms with Crippen LogP contribution in [-0.2, 0) is 11.3 Å². The highest BCUT2D eigenvalue weighted by Gasteiger charge is 2.25. The van der Waals surface area contributed by atoms with Crippen LogP contribution in [0.4, 0.5) is 0 Å². The molecule has 0 bridgehead atoms. The Kier molecular flexibility index (Phi) is 6.10. The number of hydrogen-bond donors (Lipinski definition) is 4. The third-order valence-electron chi connectivity index (χ3n) is 2.48. The molecular weight excluding hydrogens is 222 g/mol. The van der Waals surface area contributed by atoms with Crippen LogP contribution in [0.5, 0.6) is 0 Å². The second-order valence-electron chi connectivity index (χ2n) is 3.86. The van der Waals surface area contributed by atoms with Crippen molar-refractivity contribution in [2.24, 2.45) is 5.73 Å². The predicted molar refractivity (Wildman–Crippen MR) is 63.2 cm³/mol. The number of benzene rings is 1. The van der Waals surface area contributed by atoms with Crippen molar-refractivity contribution in [2.45, 2.75) is 24.9 Å². The van der Waals surface area contributed by atoms with Crippen molar-refractivity contribution in [3.63, 3.8) is 0 Å². The monoisotopic (exact) mass is 241 g/mol.